The van der Waals surface area contributed by atoms with Crippen molar-refractivity contribution in [3.05, 3.63) is 41.8 Å². The van der Waals surface area contributed by atoms with E-state index in [0.717, 1.165) is 68.0 Å². The number of aromatic nitrogens is 1. The summed E-state index contributed by atoms with van der Waals surface area (Å²) in [7, 11) is 9.31. The smallest absolute Gasteiger partial charge is 0.193 e. The number of hydrogen-bond donors (Lipinski definition) is 1. The summed E-state index contributed by atoms with van der Waals surface area (Å²) in [5, 5.41) is 7.57. The lowest BCUT2D eigenvalue weighted by molar-refractivity contribution is 0.168. The molecule has 0 radical (unpaired) electrons. The van der Waals surface area contributed by atoms with Crippen molar-refractivity contribution in [2.45, 2.75) is 12.6 Å². The van der Waals surface area contributed by atoms with Gasteiger partial charge in [0.2, 0.25) is 0 Å². The number of rotatable bonds is 8. The van der Waals surface area contributed by atoms with Gasteiger partial charge in [0.05, 0.1) is 26.0 Å². The van der Waals surface area contributed by atoms with Crippen molar-refractivity contribution in [1.82, 2.24) is 25.2 Å². The lowest BCUT2D eigenvalue weighted by Crippen LogP contribution is -2.53. The second kappa shape index (κ2) is 11.0. The van der Waals surface area contributed by atoms with Gasteiger partial charge in [0.15, 0.2) is 17.5 Å². The largest absolute Gasteiger partial charge is 0.493 e. The predicted octanol–water partition coefficient (Wildman–Crippen LogP) is 1.69. The molecule has 1 saturated heterocycles. The average molecular weight is 431 g/mol. The number of hydrogen-bond acceptors (Lipinski definition) is 7. The summed E-state index contributed by atoms with van der Waals surface area (Å²) < 4.78 is 15.8. The van der Waals surface area contributed by atoms with Gasteiger partial charge in [-0.05, 0) is 31.8 Å². The fraction of sp³-hybridized carbons (Fsp3) is 0.545. The van der Waals surface area contributed by atoms with E-state index in [4.69, 9.17) is 14.0 Å². The van der Waals surface area contributed by atoms with Gasteiger partial charge < -0.3 is 29.1 Å². The summed E-state index contributed by atoms with van der Waals surface area (Å²) in [6, 6.07) is 8.15. The van der Waals surface area contributed by atoms with Crippen molar-refractivity contribution in [2.75, 3.05) is 68.1 Å². The van der Waals surface area contributed by atoms with Crippen molar-refractivity contribution < 1.29 is 14.0 Å². The van der Waals surface area contributed by atoms with Crippen LogP contribution in [0.4, 0.5) is 0 Å². The summed E-state index contributed by atoms with van der Waals surface area (Å²) >= 11 is 0. The number of methoxy groups -OCH3 is 2. The van der Waals surface area contributed by atoms with Crippen LogP contribution in [-0.2, 0) is 6.54 Å². The second-order valence-corrected chi connectivity index (χ2v) is 7.78. The van der Waals surface area contributed by atoms with Gasteiger partial charge in [0, 0.05) is 52.4 Å². The van der Waals surface area contributed by atoms with Crippen LogP contribution in [0.15, 0.2) is 40.0 Å². The Morgan fingerprint density at radius 1 is 1.16 bits per heavy atom. The summed E-state index contributed by atoms with van der Waals surface area (Å²) in [5.41, 5.74) is 2.13. The Bertz CT molecular complexity index is 832. The Hall–Kier alpha value is -2.78. The van der Waals surface area contributed by atoms with E-state index >= 15 is 0 Å². The first-order valence-electron chi connectivity index (χ1n) is 10.5. The number of benzene rings is 1. The minimum atomic E-state index is 0.157. The SMILES string of the molecule is CN=C(NCC(c1ccc(OC)c(OC)c1)N(C)C)N1CCN(Cc2ccon2)CC1. The molecular weight excluding hydrogens is 396 g/mol. The fourth-order valence-corrected chi connectivity index (χ4v) is 3.84. The highest BCUT2D eigenvalue weighted by Crippen LogP contribution is 2.31. The second-order valence-electron chi connectivity index (χ2n) is 7.78. The Kier molecular flexibility index (Phi) is 8.13. The summed E-state index contributed by atoms with van der Waals surface area (Å²) in [6.07, 6.45) is 1.62. The molecule has 0 spiro atoms. The van der Waals surface area contributed by atoms with E-state index in [1.54, 1.807) is 20.5 Å². The number of ether oxygens (including phenoxy) is 2. The summed E-state index contributed by atoms with van der Waals surface area (Å²) in [4.78, 5) is 11.4. The molecule has 31 heavy (non-hydrogen) atoms. The van der Waals surface area contributed by atoms with Gasteiger partial charge in [0.1, 0.15) is 6.26 Å². The van der Waals surface area contributed by atoms with Crippen LogP contribution < -0.4 is 14.8 Å². The lowest BCUT2D eigenvalue weighted by atomic mass is 10.1. The van der Waals surface area contributed by atoms with Gasteiger partial charge in [-0.2, -0.15) is 0 Å². The maximum absolute atomic E-state index is 5.49. The molecular formula is C22H34N6O3. The van der Waals surface area contributed by atoms with Crippen LogP contribution in [0.1, 0.15) is 17.3 Å². The number of piperazine rings is 1. The van der Waals surface area contributed by atoms with Gasteiger partial charge in [-0.25, -0.2) is 0 Å². The molecule has 0 aliphatic carbocycles. The molecule has 0 saturated carbocycles. The van der Waals surface area contributed by atoms with Crippen LogP contribution in [0.2, 0.25) is 0 Å². The molecule has 1 atom stereocenters. The van der Waals surface area contributed by atoms with Crippen molar-refractivity contribution >= 4 is 5.96 Å². The van der Waals surface area contributed by atoms with E-state index in [0.29, 0.717) is 0 Å². The van der Waals surface area contributed by atoms with Crippen molar-refractivity contribution in [3.63, 3.8) is 0 Å². The zero-order chi connectivity index (χ0) is 22.2. The van der Waals surface area contributed by atoms with E-state index < -0.39 is 0 Å². The molecule has 0 bridgehead atoms. The van der Waals surface area contributed by atoms with Crippen LogP contribution >= 0.6 is 0 Å². The Balaban J connectivity index is 1.58. The van der Waals surface area contributed by atoms with Crippen molar-refractivity contribution in [1.29, 1.82) is 0 Å². The fourth-order valence-electron chi connectivity index (χ4n) is 3.84. The minimum absolute atomic E-state index is 0.157. The van der Waals surface area contributed by atoms with E-state index in [-0.39, 0.29) is 6.04 Å². The Morgan fingerprint density at radius 3 is 2.48 bits per heavy atom. The van der Waals surface area contributed by atoms with Crippen molar-refractivity contribution in [3.8, 4) is 11.5 Å². The zero-order valence-electron chi connectivity index (χ0n) is 19.2. The van der Waals surface area contributed by atoms with E-state index in [1.165, 1.54) is 0 Å². The molecule has 2 heterocycles. The molecule has 1 aromatic heterocycles. The number of guanidine groups is 1. The highest BCUT2D eigenvalue weighted by molar-refractivity contribution is 5.80. The third kappa shape index (κ3) is 5.89. The number of nitrogens with one attached hydrogen (secondary N) is 1. The molecule has 1 aromatic carbocycles. The first-order chi connectivity index (χ1) is 15.0. The highest BCUT2D eigenvalue weighted by Gasteiger charge is 2.22. The van der Waals surface area contributed by atoms with Gasteiger partial charge in [-0.15, -0.1) is 0 Å². The van der Waals surface area contributed by atoms with Gasteiger partial charge in [-0.3, -0.25) is 9.89 Å². The maximum atomic E-state index is 5.49. The quantitative estimate of drug-likeness (QED) is 0.501. The van der Waals surface area contributed by atoms with Crippen LogP contribution in [0.25, 0.3) is 0 Å². The Labute approximate surface area is 184 Å². The normalized spacial score (nSPS) is 16.5. The highest BCUT2D eigenvalue weighted by atomic mass is 16.5. The maximum Gasteiger partial charge on any atom is 0.193 e. The van der Waals surface area contributed by atoms with Crippen LogP contribution in [0.5, 0.6) is 11.5 Å². The molecule has 9 nitrogen and oxygen atoms in total. The topological polar surface area (TPSA) is 78.6 Å². The van der Waals surface area contributed by atoms with Crippen molar-refractivity contribution in [2.24, 2.45) is 4.99 Å². The standard InChI is InChI=1S/C22H34N6O3/c1-23-22(28-11-9-27(10-12-28)16-18-8-13-31-25-18)24-15-19(26(2)3)17-6-7-20(29-4)21(14-17)30-5/h6-8,13-14,19H,9-12,15-16H2,1-5H3,(H,23,24). The Morgan fingerprint density at radius 2 is 1.90 bits per heavy atom. The molecule has 0 amide bonds. The molecule has 1 aliphatic heterocycles. The summed E-state index contributed by atoms with van der Waals surface area (Å²) in [5.74, 6) is 2.39. The first kappa shape index (κ1) is 22.9. The molecule has 1 fully saturated rings. The summed E-state index contributed by atoms with van der Waals surface area (Å²) in [6.45, 7) is 5.30. The van der Waals surface area contributed by atoms with Crippen LogP contribution in [-0.4, -0.2) is 93.9 Å². The van der Waals surface area contributed by atoms with E-state index in [9.17, 15) is 0 Å². The molecule has 2 aromatic rings. The number of aliphatic imine (C=N–C) groups is 1. The van der Waals surface area contributed by atoms with Gasteiger partial charge in [-0.1, -0.05) is 11.2 Å². The molecule has 9 heteroatoms. The number of nitrogens with zero attached hydrogens (tertiary/aromatic N) is 5. The molecule has 1 N–H and O–H groups in total. The molecule has 170 valence electrons. The average Bonchev–Trinajstić information content (AvgIpc) is 3.30. The number of likely N-dealkylation sites (N-methyl/N-ethyl adjacent to an activating group) is 1. The monoisotopic (exact) mass is 430 g/mol. The zero-order valence-corrected chi connectivity index (χ0v) is 19.2. The van der Waals surface area contributed by atoms with Gasteiger partial charge in [0.25, 0.3) is 0 Å². The molecule has 1 unspecified atom stereocenters. The third-order valence-corrected chi connectivity index (χ3v) is 5.63. The molecule has 3 rings (SSSR count). The first-order valence-corrected chi connectivity index (χ1v) is 10.5. The minimum Gasteiger partial charge on any atom is -0.493 e. The van der Waals surface area contributed by atoms with Crippen LogP contribution in [0.3, 0.4) is 0 Å². The van der Waals surface area contributed by atoms with E-state index in [2.05, 4.69) is 50.3 Å². The molecule has 1 aliphatic rings. The van der Waals surface area contributed by atoms with Gasteiger partial charge >= 0.3 is 0 Å². The predicted molar refractivity (Wildman–Crippen MR) is 121 cm³/mol. The lowest BCUT2D eigenvalue weighted by Gasteiger charge is -2.37. The third-order valence-electron chi connectivity index (χ3n) is 5.63. The van der Waals surface area contributed by atoms with E-state index in [1.807, 2.05) is 25.2 Å². The van der Waals surface area contributed by atoms with Crippen LogP contribution in [0, 0.1) is 0 Å².